The number of nitrogens with one attached hydrogen (secondary N) is 1. The molecule has 1 amide bonds. The molecule has 1 fully saturated rings. The number of aromatic nitrogens is 1. The molecule has 0 saturated carbocycles. The highest BCUT2D eigenvalue weighted by molar-refractivity contribution is 7.14. The zero-order valence-corrected chi connectivity index (χ0v) is 15.6. The normalized spacial score (nSPS) is 16.0. The maximum absolute atomic E-state index is 12.1. The van der Waals surface area contributed by atoms with Gasteiger partial charge in [-0.05, 0) is 50.3 Å². The van der Waals surface area contributed by atoms with Crippen molar-refractivity contribution < 1.29 is 4.79 Å². The summed E-state index contributed by atoms with van der Waals surface area (Å²) in [4.78, 5) is 19.2. The number of amides is 1. The van der Waals surface area contributed by atoms with Crippen LogP contribution in [0.3, 0.4) is 0 Å². The van der Waals surface area contributed by atoms with Gasteiger partial charge in [0.2, 0.25) is 5.91 Å². The number of carbonyl (C=O) groups excluding carboxylic acids is 1. The summed E-state index contributed by atoms with van der Waals surface area (Å²) in [6.07, 6.45) is 6.79. The van der Waals surface area contributed by atoms with Crippen LogP contribution in [0.2, 0.25) is 0 Å². The molecular weight excluding hydrogens is 338 g/mol. The number of carbonyl (C=O) groups is 1. The highest BCUT2D eigenvalue weighted by Crippen LogP contribution is 2.25. The Morgan fingerprint density at radius 3 is 2.79 bits per heavy atom. The van der Waals surface area contributed by atoms with Crippen molar-refractivity contribution in [2.45, 2.75) is 38.5 Å². The van der Waals surface area contributed by atoms with Gasteiger partial charge in [0.1, 0.15) is 5.01 Å². The molecule has 2 aromatic rings. The van der Waals surface area contributed by atoms with Crippen LogP contribution >= 0.6 is 22.7 Å². The lowest BCUT2D eigenvalue weighted by atomic mass is 10.2. The Balaban J connectivity index is 1.35. The first-order chi connectivity index (χ1) is 11.8. The maximum Gasteiger partial charge on any atom is 0.226 e. The summed E-state index contributed by atoms with van der Waals surface area (Å²) in [5, 5.41) is 10.2. The van der Waals surface area contributed by atoms with Crippen molar-refractivity contribution in [1.29, 1.82) is 0 Å². The fraction of sp³-hybridized carbons (Fsp3) is 0.556. The van der Waals surface area contributed by atoms with Gasteiger partial charge in [0.25, 0.3) is 0 Å². The Bertz CT molecular complexity index is 616. The van der Waals surface area contributed by atoms with E-state index in [4.69, 9.17) is 0 Å². The number of rotatable bonds is 7. The summed E-state index contributed by atoms with van der Waals surface area (Å²) in [6.45, 7) is 4.30. The molecule has 24 heavy (non-hydrogen) atoms. The lowest BCUT2D eigenvalue weighted by Crippen LogP contribution is -2.31. The fourth-order valence-electron chi connectivity index (χ4n) is 3.02. The van der Waals surface area contributed by atoms with Gasteiger partial charge in [0, 0.05) is 22.9 Å². The topological polar surface area (TPSA) is 45.2 Å². The zero-order valence-electron chi connectivity index (χ0n) is 14.0. The highest BCUT2D eigenvalue weighted by Gasteiger charge is 2.10. The Morgan fingerprint density at radius 1 is 1.21 bits per heavy atom. The fourth-order valence-corrected chi connectivity index (χ4v) is 4.56. The van der Waals surface area contributed by atoms with E-state index >= 15 is 0 Å². The van der Waals surface area contributed by atoms with Crippen LogP contribution < -0.4 is 5.32 Å². The molecule has 1 saturated heterocycles. The molecule has 0 atom stereocenters. The average molecular weight is 364 g/mol. The molecule has 130 valence electrons. The van der Waals surface area contributed by atoms with E-state index in [1.807, 2.05) is 10.8 Å². The van der Waals surface area contributed by atoms with E-state index in [9.17, 15) is 4.79 Å². The summed E-state index contributed by atoms with van der Waals surface area (Å²) in [7, 11) is 0. The van der Waals surface area contributed by atoms with E-state index < -0.39 is 0 Å². The molecule has 3 rings (SSSR count). The molecule has 0 spiro atoms. The molecule has 6 heteroatoms. The van der Waals surface area contributed by atoms with Crippen molar-refractivity contribution in [1.82, 2.24) is 15.2 Å². The monoisotopic (exact) mass is 363 g/mol. The summed E-state index contributed by atoms with van der Waals surface area (Å²) >= 11 is 3.27. The first-order valence-corrected chi connectivity index (χ1v) is 10.6. The second-order valence-corrected chi connectivity index (χ2v) is 7.93. The standard InChI is InChI=1S/C18H25N3OS2/c22-17(19-7-5-10-21-8-3-1-2-4-9-21)12-16-14-24-18(20-16)15-6-11-23-13-15/h6,11,13-14H,1-5,7-10,12H2,(H,19,22). The summed E-state index contributed by atoms with van der Waals surface area (Å²) in [5.41, 5.74) is 2.01. The third-order valence-electron chi connectivity index (χ3n) is 4.33. The van der Waals surface area contributed by atoms with E-state index in [2.05, 4.69) is 26.6 Å². The zero-order chi connectivity index (χ0) is 16.6. The van der Waals surface area contributed by atoms with Crippen molar-refractivity contribution in [2.24, 2.45) is 0 Å². The first kappa shape index (κ1) is 17.6. The largest absolute Gasteiger partial charge is 0.356 e. The molecule has 0 bridgehead atoms. The van der Waals surface area contributed by atoms with Crippen molar-refractivity contribution >= 4 is 28.6 Å². The third kappa shape index (κ3) is 5.40. The molecule has 1 N–H and O–H groups in total. The predicted octanol–water partition coefficient (Wildman–Crippen LogP) is 3.80. The maximum atomic E-state index is 12.1. The van der Waals surface area contributed by atoms with Crippen LogP contribution in [0.4, 0.5) is 0 Å². The van der Waals surface area contributed by atoms with E-state index in [0.29, 0.717) is 6.42 Å². The van der Waals surface area contributed by atoms with E-state index in [1.165, 1.54) is 38.8 Å². The Labute approximate surface area is 151 Å². The number of nitrogens with zero attached hydrogens (tertiary/aromatic N) is 2. The smallest absolute Gasteiger partial charge is 0.226 e. The van der Waals surface area contributed by atoms with Crippen LogP contribution in [-0.4, -0.2) is 42.0 Å². The van der Waals surface area contributed by atoms with Crippen LogP contribution in [0.1, 0.15) is 37.8 Å². The summed E-state index contributed by atoms with van der Waals surface area (Å²) in [6, 6.07) is 2.07. The van der Waals surface area contributed by atoms with Gasteiger partial charge in [-0.25, -0.2) is 4.98 Å². The van der Waals surface area contributed by atoms with Crippen molar-refractivity contribution in [3.8, 4) is 10.6 Å². The predicted molar refractivity (Wildman–Crippen MR) is 102 cm³/mol. The van der Waals surface area contributed by atoms with E-state index in [1.54, 1.807) is 22.7 Å². The number of thiophene rings is 1. The number of likely N-dealkylation sites (tertiary alicyclic amines) is 1. The van der Waals surface area contributed by atoms with E-state index in [0.717, 1.165) is 35.8 Å². The van der Waals surface area contributed by atoms with Crippen LogP contribution in [0.5, 0.6) is 0 Å². The van der Waals surface area contributed by atoms with Gasteiger partial charge < -0.3 is 10.2 Å². The molecule has 0 unspecified atom stereocenters. The van der Waals surface area contributed by atoms with Gasteiger partial charge in [-0.3, -0.25) is 4.79 Å². The van der Waals surface area contributed by atoms with Crippen LogP contribution in [-0.2, 0) is 11.2 Å². The molecule has 0 aliphatic carbocycles. The first-order valence-electron chi connectivity index (χ1n) is 8.77. The van der Waals surface area contributed by atoms with Gasteiger partial charge in [0.15, 0.2) is 0 Å². The molecule has 0 aromatic carbocycles. The number of thiazole rings is 1. The second kappa shape index (κ2) is 9.30. The van der Waals surface area contributed by atoms with Gasteiger partial charge in [-0.1, -0.05) is 12.8 Å². The summed E-state index contributed by atoms with van der Waals surface area (Å²) in [5.74, 6) is 0.0769. The SMILES string of the molecule is O=C(Cc1csc(-c2ccsc2)n1)NCCCN1CCCCCC1. The van der Waals surface area contributed by atoms with Crippen molar-refractivity contribution in [2.75, 3.05) is 26.2 Å². The van der Waals surface area contributed by atoms with Crippen LogP contribution in [0.15, 0.2) is 22.2 Å². The minimum atomic E-state index is 0.0769. The minimum Gasteiger partial charge on any atom is -0.356 e. The van der Waals surface area contributed by atoms with Gasteiger partial charge in [-0.15, -0.1) is 11.3 Å². The van der Waals surface area contributed by atoms with Crippen molar-refractivity contribution in [3.05, 3.63) is 27.9 Å². The molecule has 1 aliphatic heterocycles. The lowest BCUT2D eigenvalue weighted by Gasteiger charge is -2.19. The lowest BCUT2D eigenvalue weighted by molar-refractivity contribution is -0.120. The number of hydrogen-bond donors (Lipinski definition) is 1. The van der Waals surface area contributed by atoms with Gasteiger partial charge >= 0.3 is 0 Å². The van der Waals surface area contributed by atoms with Crippen molar-refractivity contribution in [3.63, 3.8) is 0 Å². The average Bonchev–Trinajstić information content (AvgIpc) is 3.19. The Morgan fingerprint density at radius 2 is 2.04 bits per heavy atom. The molecule has 1 aliphatic rings. The van der Waals surface area contributed by atoms with E-state index in [-0.39, 0.29) is 5.91 Å². The van der Waals surface area contributed by atoms with Crippen LogP contribution in [0.25, 0.3) is 10.6 Å². The Hall–Kier alpha value is -1.24. The second-order valence-electron chi connectivity index (χ2n) is 6.29. The molecular formula is C18H25N3OS2. The van der Waals surface area contributed by atoms with Gasteiger partial charge in [0.05, 0.1) is 12.1 Å². The van der Waals surface area contributed by atoms with Crippen LogP contribution in [0, 0.1) is 0 Å². The highest BCUT2D eigenvalue weighted by atomic mass is 32.1. The third-order valence-corrected chi connectivity index (χ3v) is 5.96. The van der Waals surface area contributed by atoms with Gasteiger partial charge in [-0.2, -0.15) is 11.3 Å². The molecule has 0 radical (unpaired) electrons. The minimum absolute atomic E-state index is 0.0769. The molecule has 3 heterocycles. The quantitative estimate of drug-likeness (QED) is 0.761. The number of hydrogen-bond acceptors (Lipinski definition) is 5. The molecule has 4 nitrogen and oxygen atoms in total. The molecule has 2 aromatic heterocycles. The summed E-state index contributed by atoms with van der Waals surface area (Å²) < 4.78 is 0. The Kier molecular flexibility index (Phi) is 6.81.